The molecule has 0 bridgehead atoms. The topological polar surface area (TPSA) is 140 Å². The van der Waals surface area contributed by atoms with Crippen LogP contribution in [0, 0.1) is 11.3 Å². The van der Waals surface area contributed by atoms with Crippen LogP contribution in [0.5, 0.6) is 17.2 Å². The van der Waals surface area contributed by atoms with E-state index in [1.54, 1.807) is 22.9 Å². The fraction of sp³-hybridized carbons (Fsp3) is 0.185. The van der Waals surface area contributed by atoms with Gasteiger partial charge in [-0.3, -0.25) is 4.98 Å². The van der Waals surface area contributed by atoms with Gasteiger partial charge in [-0.15, -0.1) is 0 Å². The number of fused-ring (bicyclic) bond motifs is 1. The highest BCUT2D eigenvalue weighted by Crippen LogP contribution is 2.38. The van der Waals surface area contributed by atoms with E-state index in [0.717, 1.165) is 30.2 Å². The standard InChI is InChI=1S/C27H21ClN4O6S/c1-39(34,35)32-27(33)36-15-19-14-30-25-11-17(4-9-24(25)31-19)16-2-5-20(6-3-16)37-22-10-18(13-29)26(23(28)12-22)38-21-7-8-21/h2-6,9-12,14,21H,7-8,15H2,1H3,(H,32,33). The molecule has 4 aromatic rings. The third kappa shape index (κ3) is 6.73. The average Bonchev–Trinajstić information content (AvgIpc) is 3.72. The molecule has 1 amide bonds. The maximum absolute atomic E-state index is 11.5. The molecule has 1 aliphatic carbocycles. The van der Waals surface area contributed by atoms with Gasteiger partial charge in [-0.2, -0.15) is 5.26 Å². The van der Waals surface area contributed by atoms with Crippen molar-refractivity contribution in [1.29, 1.82) is 5.26 Å². The summed E-state index contributed by atoms with van der Waals surface area (Å²) in [6.45, 7) is -0.231. The molecule has 3 aromatic carbocycles. The average molecular weight is 565 g/mol. The third-order valence-electron chi connectivity index (χ3n) is 5.58. The number of nitrogens with one attached hydrogen (secondary N) is 1. The first-order valence-corrected chi connectivity index (χ1v) is 14.0. The highest BCUT2D eigenvalue weighted by molar-refractivity contribution is 7.89. The van der Waals surface area contributed by atoms with Crippen molar-refractivity contribution < 1.29 is 27.4 Å². The minimum absolute atomic E-state index is 0.119. The number of nitrogens with zero attached hydrogens (tertiary/aromatic N) is 3. The zero-order valence-electron chi connectivity index (χ0n) is 20.5. The predicted octanol–water partition coefficient (Wildman–Crippen LogP) is 5.34. The number of aromatic nitrogens is 2. The van der Waals surface area contributed by atoms with Gasteiger partial charge in [-0.25, -0.2) is 22.9 Å². The highest BCUT2D eigenvalue weighted by atomic mass is 35.5. The van der Waals surface area contributed by atoms with Crippen LogP contribution in [0.15, 0.2) is 60.8 Å². The van der Waals surface area contributed by atoms with E-state index in [1.807, 2.05) is 36.4 Å². The van der Waals surface area contributed by atoms with Crippen LogP contribution in [0.4, 0.5) is 4.79 Å². The molecular formula is C27H21ClN4O6S. The first-order chi connectivity index (χ1) is 18.7. The number of nitriles is 1. The molecule has 0 radical (unpaired) electrons. The summed E-state index contributed by atoms with van der Waals surface area (Å²) in [6.07, 6.45) is 3.26. The van der Waals surface area contributed by atoms with E-state index in [9.17, 15) is 18.5 Å². The Balaban J connectivity index is 1.27. The molecule has 0 saturated heterocycles. The molecular weight excluding hydrogens is 544 g/mol. The molecule has 198 valence electrons. The van der Waals surface area contributed by atoms with Crippen molar-refractivity contribution in [3.05, 3.63) is 77.1 Å². The molecule has 0 aliphatic heterocycles. The van der Waals surface area contributed by atoms with Crippen molar-refractivity contribution in [1.82, 2.24) is 14.7 Å². The van der Waals surface area contributed by atoms with Gasteiger partial charge in [0, 0.05) is 12.1 Å². The first-order valence-electron chi connectivity index (χ1n) is 11.8. The Kier molecular flexibility index (Phi) is 7.24. The van der Waals surface area contributed by atoms with Crippen molar-refractivity contribution in [3.63, 3.8) is 0 Å². The summed E-state index contributed by atoms with van der Waals surface area (Å²) in [5.74, 6) is 1.39. The van der Waals surface area contributed by atoms with E-state index in [4.69, 9.17) is 25.8 Å². The lowest BCUT2D eigenvalue weighted by Crippen LogP contribution is -2.29. The second kappa shape index (κ2) is 10.8. The number of benzene rings is 3. The van der Waals surface area contributed by atoms with E-state index in [1.165, 1.54) is 6.20 Å². The Bertz CT molecular complexity index is 1720. The van der Waals surface area contributed by atoms with Gasteiger partial charge < -0.3 is 14.2 Å². The molecule has 0 unspecified atom stereocenters. The molecule has 39 heavy (non-hydrogen) atoms. The van der Waals surface area contributed by atoms with Crippen LogP contribution in [0.25, 0.3) is 22.2 Å². The monoisotopic (exact) mass is 564 g/mol. The van der Waals surface area contributed by atoms with Crippen molar-refractivity contribution in [2.24, 2.45) is 0 Å². The predicted molar refractivity (Wildman–Crippen MR) is 143 cm³/mol. The number of hydrogen-bond acceptors (Lipinski definition) is 9. The summed E-state index contributed by atoms with van der Waals surface area (Å²) >= 11 is 6.35. The second-order valence-electron chi connectivity index (χ2n) is 8.85. The van der Waals surface area contributed by atoms with Gasteiger partial charge in [0.05, 0.1) is 45.9 Å². The summed E-state index contributed by atoms with van der Waals surface area (Å²) < 4.78 is 40.5. The second-order valence-corrected chi connectivity index (χ2v) is 11.0. The Morgan fingerprint density at radius 3 is 2.51 bits per heavy atom. The maximum atomic E-state index is 11.5. The van der Waals surface area contributed by atoms with Crippen LogP contribution in [-0.4, -0.2) is 36.8 Å². The molecule has 5 rings (SSSR count). The lowest BCUT2D eigenvalue weighted by atomic mass is 10.0. The zero-order chi connectivity index (χ0) is 27.6. The fourth-order valence-corrected chi connectivity index (χ4v) is 4.27. The van der Waals surface area contributed by atoms with E-state index < -0.39 is 16.1 Å². The summed E-state index contributed by atoms with van der Waals surface area (Å²) in [6, 6.07) is 18.3. The quantitative estimate of drug-likeness (QED) is 0.300. The van der Waals surface area contributed by atoms with Gasteiger partial charge in [0.25, 0.3) is 0 Å². The van der Waals surface area contributed by atoms with E-state index in [-0.39, 0.29) is 12.7 Å². The van der Waals surface area contributed by atoms with Gasteiger partial charge >= 0.3 is 6.09 Å². The van der Waals surface area contributed by atoms with Crippen molar-refractivity contribution >= 4 is 38.8 Å². The normalized spacial score (nSPS) is 12.9. The number of carbonyl (C=O) groups is 1. The number of ether oxygens (including phenoxy) is 3. The lowest BCUT2D eigenvalue weighted by molar-refractivity contribution is 0.144. The van der Waals surface area contributed by atoms with Gasteiger partial charge in [-0.05, 0) is 48.2 Å². The van der Waals surface area contributed by atoms with Crippen LogP contribution in [0.1, 0.15) is 24.1 Å². The van der Waals surface area contributed by atoms with Gasteiger partial charge in [0.1, 0.15) is 24.2 Å². The molecule has 1 N–H and O–H groups in total. The van der Waals surface area contributed by atoms with E-state index in [2.05, 4.69) is 16.0 Å². The summed E-state index contributed by atoms with van der Waals surface area (Å²) in [7, 11) is -3.71. The molecule has 1 aliphatic rings. The van der Waals surface area contributed by atoms with Gasteiger partial charge in [0.2, 0.25) is 10.0 Å². The number of halogens is 1. The lowest BCUT2D eigenvalue weighted by Gasteiger charge is -2.12. The molecule has 10 nitrogen and oxygen atoms in total. The van der Waals surface area contributed by atoms with Gasteiger partial charge in [0.15, 0.2) is 5.75 Å². The minimum atomic E-state index is -3.71. The Labute approximate surface area is 229 Å². The van der Waals surface area contributed by atoms with Crippen molar-refractivity contribution in [3.8, 4) is 34.4 Å². The number of amides is 1. The van der Waals surface area contributed by atoms with E-state index in [0.29, 0.717) is 44.6 Å². The van der Waals surface area contributed by atoms with Crippen molar-refractivity contribution in [2.45, 2.75) is 25.6 Å². The molecule has 1 heterocycles. The smallest absolute Gasteiger partial charge is 0.421 e. The molecule has 1 fully saturated rings. The SMILES string of the molecule is CS(=O)(=O)NC(=O)OCc1cnc2cc(-c3ccc(Oc4cc(Cl)c(OC5CC5)c(C#N)c4)cc3)ccc2n1. The maximum Gasteiger partial charge on any atom is 0.421 e. The molecule has 0 spiro atoms. The van der Waals surface area contributed by atoms with Crippen LogP contribution in [0.2, 0.25) is 5.02 Å². The molecule has 12 heteroatoms. The summed E-state index contributed by atoms with van der Waals surface area (Å²) in [5.41, 5.74) is 3.72. The third-order valence-corrected chi connectivity index (χ3v) is 6.40. The number of sulfonamides is 1. The van der Waals surface area contributed by atoms with E-state index >= 15 is 0 Å². The minimum Gasteiger partial charge on any atom is -0.487 e. The summed E-state index contributed by atoms with van der Waals surface area (Å²) in [5, 5.41) is 9.84. The summed E-state index contributed by atoms with van der Waals surface area (Å²) in [4.78, 5) is 20.3. The molecule has 1 aromatic heterocycles. The molecule has 1 saturated carbocycles. The van der Waals surface area contributed by atoms with Crippen molar-refractivity contribution in [2.75, 3.05) is 6.26 Å². The van der Waals surface area contributed by atoms with Gasteiger partial charge in [-0.1, -0.05) is 29.8 Å². The fourth-order valence-electron chi connectivity index (χ4n) is 3.65. The Morgan fingerprint density at radius 2 is 1.82 bits per heavy atom. The van der Waals surface area contributed by atoms with Crippen LogP contribution >= 0.6 is 11.6 Å². The first kappa shape index (κ1) is 26.2. The highest BCUT2D eigenvalue weighted by Gasteiger charge is 2.26. The number of hydrogen-bond donors (Lipinski definition) is 1. The van der Waals surface area contributed by atoms with Crippen LogP contribution in [-0.2, 0) is 21.4 Å². The number of carbonyl (C=O) groups excluding carboxylic acids is 1. The zero-order valence-corrected chi connectivity index (χ0v) is 22.1. The number of rotatable bonds is 8. The Morgan fingerprint density at radius 1 is 1.08 bits per heavy atom. The largest absolute Gasteiger partial charge is 0.487 e. The van der Waals surface area contributed by atoms with Crippen LogP contribution in [0.3, 0.4) is 0 Å². The van der Waals surface area contributed by atoms with Crippen LogP contribution < -0.4 is 14.2 Å². The molecule has 0 atom stereocenters. The Hall–Kier alpha value is -4.40.